The Hall–Kier alpha value is -3.27. The molecule has 2 aliphatic rings. The molecule has 29 heavy (non-hydrogen) atoms. The Balaban J connectivity index is 1.48. The van der Waals surface area contributed by atoms with E-state index < -0.39 is 21.5 Å². The first-order valence-electron chi connectivity index (χ1n) is 8.76. The van der Waals surface area contributed by atoms with Gasteiger partial charge < -0.3 is 19.5 Å². The van der Waals surface area contributed by atoms with E-state index in [0.717, 1.165) is 12.7 Å². The van der Waals surface area contributed by atoms with Gasteiger partial charge in [-0.3, -0.25) is 4.79 Å². The molecule has 2 aromatic carbocycles. The standard InChI is InChI=1S/C19H18N2O7S/c1-26-18(23)21-29(24,25)14-5-3-13(4-6-14)20-17(22)19(8-9-19)12-2-7-15-16(10-12)28-11-27-15/h2-7,10H,8-9,11H2,1H3,(H,20,22)(H,21,23). The van der Waals surface area contributed by atoms with Crippen molar-refractivity contribution in [2.75, 3.05) is 19.2 Å². The van der Waals surface area contributed by atoms with Crippen LogP contribution in [-0.4, -0.2) is 34.3 Å². The highest BCUT2D eigenvalue weighted by atomic mass is 32.2. The zero-order valence-electron chi connectivity index (χ0n) is 15.4. The van der Waals surface area contributed by atoms with Crippen molar-refractivity contribution in [1.82, 2.24) is 4.72 Å². The second kappa shape index (κ2) is 6.96. The van der Waals surface area contributed by atoms with E-state index in [2.05, 4.69) is 10.1 Å². The molecule has 1 fully saturated rings. The van der Waals surface area contributed by atoms with E-state index in [1.165, 1.54) is 24.3 Å². The Morgan fingerprint density at radius 2 is 1.72 bits per heavy atom. The minimum Gasteiger partial charge on any atom is -0.454 e. The second-order valence-electron chi connectivity index (χ2n) is 6.73. The minimum absolute atomic E-state index is 0.127. The number of benzene rings is 2. The molecular weight excluding hydrogens is 400 g/mol. The molecule has 0 unspecified atom stereocenters. The largest absolute Gasteiger partial charge is 0.454 e. The van der Waals surface area contributed by atoms with Crippen LogP contribution in [0.4, 0.5) is 10.5 Å². The Labute approximate surface area is 167 Å². The van der Waals surface area contributed by atoms with Gasteiger partial charge in [0, 0.05) is 5.69 Å². The van der Waals surface area contributed by atoms with Crippen LogP contribution in [0.3, 0.4) is 0 Å². The summed E-state index contributed by atoms with van der Waals surface area (Å²) < 4.78 is 40.9. The third-order valence-electron chi connectivity index (χ3n) is 4.94. The van der Waals surface area contributed by atoms with Crippen molar-refractivity contribution in [1.29, 1.82) is 0 Å². The summed E-state index contributed by atoms with van der Waals surface area (Å²) in [5, 5.41) is 2.82. The number of ether oxygens (including phenoxy) is 3. The molecule has 4 rings (SSSR count). The number of fused-ring (bicyclic) bond motifs is 1. The number of carbonyl (C=O) groups is 2. The van der Waals surface area contributed by atoms with Crippen molar-refractivity contribution in [3.63, 3.8) is 0 Å². The van der Waals surface area contributed by atoms with Gasteiger partial charge in [0.05, 0.1) is 17.4 Å². The van der Waals surface area contributed by atoms with Gasteiger partial charge in [-0.15, -0.1) is 0 Å². The summed E-state index contributed by atoms with van der Waals surface area (Å²) in [6.45, 7) is 0.165. The van der Waals surface area contributed by atoms with E-state index in [1.54, 1.807) is 10.8 Å². The Bertz CT molecular complexity index is 1080. The van der Waals surface area contributed by atoms with Crippen LogP contribution in [0, 0.1) is 0 Å². The Kier molecular flexibility index (Phi) is 4.58. The van der Waals surface area contributed by atoms with E-state index in [1.807, 2.05) is 12.1 Å². The van der Waals surface area contributed by atoms with Gasteiger partial charge in [0.25, 0.3) is 10.0 Å². The number of sulfonamides is 1. The van der Waals surface area contributed by atoms with Crippen LogP contribution in [0.15, 0.2) is 47.4 Å². The lowest BCUT2D eigenvalue weighted by molar-refractivity contribution is -0.118. The Morgan fingerprint density at radius 3 is 2.38 bits per heavy atom. The monoisotopic (exact) mass is 418 g/mol. The predicted octanol–water partition coefficient (Wildman–Crippen LogP) is 2.13. The van der Waals surface area contributed by atoms with E-state index in [4.69, 9.17) is 9.47 Å². The molecule has 0 bridgehead atoms. The van der Waals surface area contributed by atoms with E-state index >= 15 is 0 Å². The van der Waals surface area contributed by atoms with Crippen LogP contribution in [-0.2, 0) is 25.0 Å². The third-order valence-corrected chi connectivity index (χ3v) is 6.26. The normalized spacial score (nSPS) is 16.0. The first-order chi connectivity index (χ1) is 13.8. The van der Waals surface area contributed by atoms with Gasteiger partial charge in [-0.25, -0.2) is 17.9 Å². The highest BCUT2D eigenvalue weighted by Gasteiger charge is 2.51. The maximum atomic E-state index is 12.9. The molecule has 0 saturated heterocycles. The SMILES string of the molecule is COC(=O)NS(=O)(=O)c1ccc(NC(=O)C2(c3ccc4c(c3)OCO4)CC2)cc1. The number of hydrogen-bond donors (Lipinski definition) is 2. The van der Waals surface area contributed by atoms with Crippen LogP contribution in [0.25, 0.3) is 0 Å². The van der Waals surface area contributed by atoms with E-state index in [-0.39, 0.29) is 17.6 Å². The molecule has 1 heterocycles. The zero-order valence-corrected chi connectivity index (χ0v) is 16.2. The van der Waals surface area contributed by atoms with Crippen molar-refractivity contribution < 1.29 is 32.2 Å². The van der Waals surface area contributed by atoms with Gasteiger partial charge in [0.2, 0.25) is 12.7 Å². The van der Waals surface area contributed by atoms with Crippen molar-refractivity contribution in [3.8, 4) is 11.5 Å². The lowest BCUT2D eigenvalue weighted by Crippen LogP contribution is -2.30. The fourth-order valence-electron chi connectivity index (χ4n) is 3.14. The molecule has 0 radical (unpaired) electrons. The highest BCUT2D eigenvalue weighted by Crippen LogP contribution is 2.51. The lowest BCUT2D eigenvalue weighted by Gasteiger charge is -2.16. The quantitative estimate of drug-likeness (QED) is 0.763. The number of rotatable bonds is 5. The molecule has 152 valence electrons. The molecule has 0 spiro atoms. The first kappa shape index (κ1) is 19.1. The Morgan fingerprint density at radius 1 is 1.03 bits per heavy atom. The fraction of sp³-hybridized carbons (Fsp3) is 0.263. The highest BCUT2D eigenvalue weighted by molar-refractivity contribution is 7.90. The first-order valence-corrected chi connectivity index (χ1v) is 10.2. The van der Waals surface area contributed by atoms with Crippen LogP contribution in [0.5, 0.6) is 11.5 Å². The number of nitrogens with one attached hydrogen (secondary N) is 2. The summed E-state index contributed by atoms with van der Waals surface area (Å²) in [5.74, 6) is 1.09. The van der Waals surface area contributed by atoms with Crippen LogP contribution in [0.2, 0.25) is 0 Å². The van der Waals surface area contributed by atoms with Crippen LogP contribution < -0.4 is 19.5 Å². The molecular formula is C19H18N2O7S. The number of carbonyl (C=O) groups excluding carboxylic acids is 2. The van der Waals surface area contributed by atoms with E-state index in [0.29, 0.717) is 30.0 Å². The molecule has 2 amide bonds. The average molecular weight is 418 g/mol. The van der Waals surface area contributed by atoms with Crippen LogP contribution in [0.1, 0.15) is 18.4 Å². The van der Waals surface area contributed by atoms with Crippen molar-refractivity contribution >= 4 is 27.7 Å². The van der Waals surface area contributed by atoms with Gasteiger partial charge in [0.15, 0.2) is 11.5 Å². The molecule has 9 nitrogen and oxygen atoms in total. The maximum Gasteiger partial charge on any atom is 0.420 e. The number of hydrogen-bond acceptors (Lipinski definition) is 7. The summed E-state index contributed by atoms with van der Waals surface area (Å²) in [7, 11) is -2.98. The van der Waals surface area contributed by atoms with Crippen molar-refractivity contribution in [2.45, 2.75) is 23.2 Å². The van der Waals surface area contributed by atoms with E-state index in [9.17, 15) is 18.0 Å². The molecule has 1 saturated carbocycles. The summed E-state index contributed by atoms with van der Waals surface area (Å²) >= 11 is 0. The van der Waals surface area contributed by atoms with Gasteiger partial charge >= 0.3 is 6.09 Å². The molecule has 0 aromatic heterocycles. The molecule has 0 atom stereocenters. The average Bonchev–Trinajstić information content (AvgIpc) is 3.39. The minimum atomic E-state index is -4.04. The topological polar surface area (TPSA) is 120 Å². The predicted molar refractivity (Wildman–Crippen MR) is 101 cm³/mol. The van der Waals surface area contributed by atoms with Gasteiger partial charge in [-0.2, -0.15) is 0 Å². The van der Waals surface area contributed by atoms with Crippen molar-refractivity contribution in [3.05, 3.63) is 48.0 Å². The summed E-state index contributed by atoms with van der Waals surface area (Å²) in [6, 6.07) is 11.0. The smallest absolute Gasteiger partial charge is 0.420 e. The number of anilines is 1. The second-order valence-corrected chi connectivity index (χ2v) is 8.41. The number of amides is 2. The maximum absolute atomic E-state index is 12.9. The molecule has 1 aliphatic heterocycles. The molecule has 10 heteroatoms. The number of methoxy groups -OCH3 is 1. The summed E-state index contributed by atoms with van der Waals surface area (Å²) in [5.41, 5.74) is 0.651. The zero-order chi connectivity index (χ0) is 20.6. The summed E-state index contributed by atoms with van der Waals surface area (Å²) in [6.07, 6.45) is 0.323. The molecule has 2 N–H and O–H groups in total. The van der Waals surface area contributed by atoms with Crippen molar-refractivity contribution in [2.24, 2.45) is 0 Å². The lowest BCUT2D eigenvalue weighted by atomic mass is 9.94. The summed E-state index contributed by atoms with van der Waals surface area (Å²) in [4.78, 5) is 23.9. The van der Waals surface area contributed by atoms with Gasteiger partial charge in [-0.1, -0.05) is 6.07 Å². The fourth-order valence-corrected chi connectivity index (χ4v) is 4.06. The van der Waals surface area contributed by atoms with Crippen LogP contribution >= 0.6 is 0 Å². The molecule has 1 aliphatic carbocycles. The van der Waals surface area contributed by atoms with Gasteiger partial charge in [-0.05, 0) is 54.8 Å². The third kappa shape index (κ3) is 3.58. The molecule has 2 aromatic rings. The van der Waals surface area contributed by atoms with Gasteiger partial charge in [0.1, 0.15) is 0 Å².